The van der Waals surface area contributed by atoms with Gasteiger partial charge >= 0.3 is 5.97 Å². The Morgan fingerprint density at radius 1 is 1.00 bits per heavy atom. The van der Waals surface area contributed by atoms with E-state index in [2.05, 4.69) is 5.32 Å². The Hall–Kier alpha value is -2.42. The minimum Gasteiger partial charge on any atom is -0.434 e. The quantitative estimate of drug-likeness (QED) is 0.792. The maximum absolute atomic E-state index is 12.9. The average Bonchev–Trinajstić information content (AvgIpc) is 2.97. The lowest BCUT2D eigenvalue weighted by molar-refractivity contribution is -0.0440. The predicted molar refractivity (Wildman–Crippen MR) is 103 cm³/mol. The first-order valence-electron chi connectivity index (χ1n) is 9.17. The Balaban J connectivity index is 1.51. The lowest BCUT2D eigenvalue weighted by atomic mass is 10.1. The molecule has 2 aliphatic rings. The molecule has 1 saturated heterocycles. The molecule has 3 atom stereocenters. The van der Waals surface area contributed by atoms with Crippen LogP contribution in [0.4, 0.5) is 5.69 Å². The molecule has 28 heavy (non-hydrogen) atoms. The normalized spacial score (nSPS) is 25.2. The van der Waals surface area contributed by atoms with Crippen molar-refractivity contribution in [2.45, 2.75) is 37.2 Å². The highest BCUT2D eigenvalue weighted by Crippen LogP contribution is 2.32. The number of sulfonamides is 1. The fourth-order valence-corrected chi connectivity index (χ4v) is 5.19. The third-order valence-corrected chi connectivity index (χ3v) is 6.71. The van der Waals surface area contributed by atoms with Crippen LogP contribution in [0, 0.1) is 0 Å². The van der Waals surface area contributed by atoms with Gasteiger partial charge in [-0.3, -0.25) is 0 Å². The van der Waals surface area contributed by atoms with Crippen LogP contribution < -0.4 is 5.32 Å². The zero-order chi connectivity index (χ0) is 19.9. The summed E-state index contributed by atoms with van der Waals surface area (Å²) in [5, 5.41) is 3.13. The molecule has 2 aromatic rings. The smallest absolute Gasteiger partial charge is 0.340 e. The number of benzene rings is 2. The summed E-state index contributed by atoms with van der Waals surface area (Å²) in [7, 11) is -3.59. The molecule has 148 valence electrons. The maximum atomic E-state index is 12.9. The Morgan fingerprint density at radius 2 is 1.64 bits per heavy atom. The van der Waals surface area contributed by atoms with E-state index >= 15 is 0 Å². The summed E-state index contributed by atoms with van der Waals surface area (Å²) in [5.74, 6) is -0.372. The molecule has 0 amide bonds. The Labute approximate surface area is 164 Å². The molecule has 0 bridgehead atoms. The first-order chi connectivity index (χ1) is 13.3. The lowest BCUT2D eigenvalue weighted by Gasteiger charge is -2.34. The summed E-state index contributed by atoms with van der Waals surface area (Å²) >= 11 is 0. The van der Waals surface area contributed by atoms with Crippen molar-refractivity contribution in [2.75, 3.05) is 18.4 Å². The highest BCUT2D eigenvalue weighted by Gasteiger charge is 2.33. The second-order valence-corrected chi connectivity index (χ2v) is 9.06. The molecule has 2 aromatic carbocycles. The van der Waals surface area contributed by atoms with E-state index in [-0.39, 0.29) is 23.1 Å². The van der Waals surface area contributed by atoms with Crippen LogP contribution in [0.15, 0.2) is 53.4 Å². The number of morpholine rings is 1. The zero-order valence-electron chi connectivity index (χ0n) is 15.7. The molecule has 3 unspecified atom stereocenters. The van der Waals surface area contributed by atoms with Crippen LogP contribution in [-0.2, 0) is 19.5 Å². The van der Waals surface area contributed by atoms with Crippen molar-refractivity contribution in [3.05, 3.63) is 59.7 Å². The van der Waals surface area contributed by atoms with E-state index in [0.29, 0.717) is 24.3 Å². The molecule has 1 N–H and O–H groups in total. The Morgan fingerprint density at radius 3 is 2.32 bits per heavy atom. The second kappa shape index (κ2) is 7.20. The number of cyclic esters (lactones) is 1. The van der Waals surface area contributed by atoms with Gasteiger partial charge in [0.1, 0.15) is 0 Å². The number of hydrogen-bond acceptors (Lipinski definition) is 6. The number of ether oxygens (including phenoxy) is 2. The van der Waals surface area contributed by atoms with E-state index in [1.165, 1.54) is 4.31 Å². The molecule has 0 saturated carbocycles. The summed E-state index contributed by atoms with van der Waals surface area (Å²) in [6, 6.07) is 13.7. The van der Waals surface area contributed by atoms with Gasteiger partial charge in [-0.25, -0.2) is 13.2 Å². The number of carbonyl (C=O) groups is 1. The van der Waals surface area contributed by atoms with E-state index in [9.17, 15) is 13.2 Å². The highest BCUT2D eigenvalue weighted by atomic mass is 32.2. The van der Waals surface area contributed by atoms with Gasteiger partial charge < -0.3 is 14.8 Å². The van der Waals surface area contributed by atoms with Crippen LogP contribution in [0.5, 0.6) is 0 Å². The number of carbonyl (C=O) groups excluding carboxylic acids is 1. The SMILES string of the molecule is CC1CN(S(=O)(=O)c2ccc(NC3OC(=O)c4ccccc43)cc2)CC(C)O1. The number of rotatable bonds is 4. The molecule has 4 rings (SSSR count). The molecule has 2 aliphatic heterocycles. The summed E-state index contributed by atoms with van der Waals surface area (Å²) in [4.78, 5) is 12.1. The minimum atomic E-state index is -3.59. The monoisotopic (exact) mass is 402 g/mol. The second-order valence-electron chi connectivity index (χ2n) is 7.12. The van der Waals surface area contributed by atoms with Crippen molar-refractivity contribution in [2.24, 2.45) is 0 Å². The Bertz CT molecular complexity index is 980. The summed E-state index contributed by atoms with van der Waals surface area (Å²) in [6.45, 7) is 4.40. The molecule has 0 radical (unpaired) electrons. The molecule has 7 nitrogen and oxygen atoms in total. The molecule has 0 aliphatic carbocycles. The van der Waals surface area contributed by atoms with Crippen LogP contribution in [0.1, 0.15) is 36.0 Å². The van der Waals surface area contributed by atoms with Gasteiger partial charge in [0, 0.05) is 24.3 Å². The molecular weight excluding hydrogens is 380 g/mol. The number of fused-ring (bicyclic) bond motifs is 1. The van der Waals surface area contributed by atoms with Crippen molar-refractivity contribution in [1.82, 2.24) is 4.31 Å². The first kappa shape index (κ1) is 18.9. The third kappa shape index (κ3) is 3.50. The summed E-state index contributed by atoms with van der Waals surface area (Å²) < 4.78 is 38.3. The van der Waals surface area contributed by atoms with Crippen LogP contribution in [0.3, 0.4) is 0 Å². The summed E-state index contributed by atoms with van der Waals surface area (Å²) in [6.07, 6.45) is -0.875. The molecule has 2 heterocycles. The number of nitrogens with zero attached hydrogens (tertiary/aromatic N) is 1. The lowest BCUT2D eigenvalue weighted by Crippen LogP contribution is -2.48. The molecule has 0 spiro atoms. The van der Waals surface area contributed by atoms with Crippen LogP contribution in [0.25, 0.3) is 0 Å². The fraction of sp³-hybridized carbons (Fsp3) is 0.350. The van der Waals surface area contributed by atoms with Gasteiger partial charge in [-0.15, -0.1) is 0 Å². The number of nitrogens with one attached hydrogen (secondary N) is 1. The minimum absolute atomic E-state index is 0.142. The van der Waals surface area contributed by atoms with Gasteiger partial charge in [-0.1, -0.05) is 18.2 Å². The number of anilines is 1. The van der Waals surface area contributed by atoms with E-state index < -0.39 is 16.3 Å². The van der Waals surface area contributed by atoms with Crippen molar-refractivity contribution in [3.8, 4) is 0 Å². The van der Waals surface area contributed by atoms with E-state index in [4.69, 9.17) is 9.47 Å². The first-order valence-corrected chi connectivity index (χ1v) is 10.6. The van der Waals surface area contributed by atoms with Crippen molar-refractivity contribution in [1.29, 1.82) is 0 Å². The van der Waals surface area contributed by atoms with Gasteiger partial charge in [-0.2, -0.15) is 4.31 Å². The Kier molecular flexibility index (Phi) is 4.86. The number of esters is 1. The third-order valence-electron chi connectivity index (χ3n) is 4.86. The molecule has 8 heteroatoms. The van der Waals surface area contributed by atoms with Crippen LogP contribution in [-0.4, -0.2) is 44.0 Å². The molecular formula is C20H22N2O5S. The van der Waals surface area contributed by atoms with Crippen molar-refractivity contribution in [3.63, 3.8) is 0 Å². The van der Waals surface area contributed by atoms with Crippen molar-refractivity contribution < 1.29 is 22.7 Å². The zero-order valence-corrected chi connectivity index (χ0v) is 16.5. The standard InChI is InChI=1S/C20H22N2O5S/c1-13-11-22(12-14(2)26-13)28(24,25)16-9-7-15(8-10-16)21-19-17-5-3-4-6-18(17)20(23)27-19/h3-10,13-14,19,21H,11-12H2,1-2H3. The highest BCUT2D eigenvalue weighted by molar-refractivity contribution is 7.89. The van der Waals surface area contributed by atoms with E-state index in [1.807, 2.05) is 26.0 Å². The summed E-state index contributed by atoms with van der Waals surface area (Å²) in [5.41, 5.74) is 1.97. The van der Waals surface area contributed by atoms with E-state index in [0.717, 1.165) is 5.56 Å². The fourth-order valence-electron chi connectivity index (χ4n) is 3.60. The maximum Gasteiger partial charge on any atom is 0.340 e. The van der Waals surface area contributed by atoms with E-state index in [1.54, 1.807) is 36.4 Å². The van der Waals surface area contributed by atoms with Gasteiger partial charge in [0.2, 0.25) is 16.3 Å². The van der Waals surface area contributed by atoms with Crippen molar-refractivity contribution >= 4 is 21.7 Å². The van der Waals surface area contributed by atoms with Crippen LogP contribution >= 0.6 is 0 Å². The van der Waals surface area contributed by atoms with Crippen LogP contribution in [0.2, 0.25) is 0 Å². The molecule has 0 aromatic heterocycles. The average molecular weight is 402 g/mol. The predicted octanol–water partition coefficient (Wildman–Crippen LogP) is 2.77. The topological polar surface area (TPSA) is 84.9 Å². The van der Waals surface area contributed by atoms with Gasteiger partial charge in [-0.05, 0) is 44.2 Å². The molecule has 1 fully saturated rings. The van der Waals surface area contributed by atoms with Gasteiger partial charge in [0.25, 0.3) is 0 Å². The number of hydrogen-bond donors (Lipinski definition) is 1. The van der Waals surface area contributed by atoms with Gasteiger partial charge in [0.05, 0.1) is 22.7 Å². The van der Waals surface area contributed by atoms with Gasteiger partial charge in [0.15, 0.2) is 0 Å². The largest absolute Gasteiger partial charge is 0.434 e.